The fraction of sp³-hybridized carbons (Fsp3) is 0.100. The molecular formula is C10H8N2O3. The first kappa shape index (κ1) is 9.39. The van der Waals surface area contributed by atoms with Gasteiger partial charge in [-0.15, -0.1) is 0 Å². The summed E-state index contributed by atoms with van der Waals surface area (Å²) in [5, 5.41) is 0. The molecule has 0 aliphatic heterocycles. The Bertz CT molecular complexity index is 465. The molecule has 0 unspecified atom stereocenters. The zero-order chi connectivity index (χ0) is 10.7. The maximum absolute atomic E-state index is 11.2. The second kappa shape index (κ2) is 3.91. The second-order valence-electron chi connectivity index (χ2n) is 2.79. The first-order valence-corrected chi connectivity index (χ1v) is 4.24. The highest BCUT2D eigenvalue weighted by atomic mass is 16.5. The van der Waals surface area contributed by atoms with Crippen LogP contribution in [-0.4, -0.2) is 23.0 Å². The number of ether oxygens (including phenoxy) is 1. The van der Waals surface area contributed by atoms with E-state index in [0.29, 0.717) is 5.69 Å². The third-order valence-electron chi connectivity index (χ3n) is 1.88. The number of hydrogen-bond donors (Lipinski definition) is 0. The summed E-state index contributed by atoms with van der Waals surface area (Å²) in [7, 11) is 1.31. The number of methoxy groups -OCH3 is 1. The van der Waals surface area contributed by atoms with Gasteiger partial charge < -0.3 is 9.15 Å². The highest BCUT2D eigenvalue weighted by Gasteiger charge is 2.09. The number of rotatable bonds is 2. The van der Waals surface area contributed by atoms with Crippen LogP contribution in [-0.2, 0) is 4.74 Å². The highest BCUT2D eigenvalue weighted by molar-refractivity contribution is 5.88. The molecular weight excluding hydrogens is 196 g/mol. The summed E-state index contributed by atoms with van der Waals surface area (Å²) in [6.45, 7) is 0. The third kappa shape index (κ3) is 1.85. The van der Waals surface area contributed by atoms with Crippen molar-refractivity contribution < 1.29 is 13.9 Å². The lowest BCUT2D eigenvalue weighted by Gasteiger charge is -1.99. The number of nitrogens with zero attached hydrogens (tertiary/aromatic N) is 2. The molecule has 0 fully saturated rings. The molecule has 0 aliphatic rings. The summed E-state index contributed by atoms with van der Waals surface area (Å²) < 4.78 is 9.47. The third-order valence-corrected chi connectivity index (χ3v) is 1.88. The number of esters is 1. The molecule has 0 bridgehead atoms. The van der Waals surface area contributed by atoms with Crippen LogP contribution in [0.4, 0.5) is 0 Å². The predicted molar refractivity (Wildman–Crippen MR) is 51.1 cm³/mol. The van der Waals surface area contributed by atoms with E-state index >= 15 is 0 Å². The molecule has 2 heterocycles. The molecule has 0 saturated heterocycles. The molecule has 5 nitrogen and oxygen atoms in total. The van der Waals surface area contributed by atoms with Gasteiger partial charge in [0.2, 0.25) is 0 Å². The minimum Gasteiger partial charge on any atom is -0.472 e. The standard InChI is InChI=1S/C10H8N2O3/c1-14-10(13)9-4-8(11-6-12-9)7-2-3-15-5-7/h2-6H,1H3. The lowest BCUT2D eigenvalue weighted by Crippen LogP contribution is -2.04. The minimum atomic E-state index is -0.484. The van der Waals surface area contributed by atoms with Gasteiger partial charge in [0.15, 0.2) is 5.69 Å². The van der Waals surface area contributed by atoms with Crippen molar-refractivity contribution in [1.29, 1.82) is 0 Å². The van der Waals surface area contributed by atoms with Crippen LogP contribution in [0, 0.1) is 0 Å². The quantitative estimate of drug-likeness (QED) is 0.694. The molecule has 0 radical (unpaired) electrons. The zero-order valence-corrected chi connectivity index (χ0v) is 8.01. The molecule has 76 valence electrons. The van der Waals surface area contributed by atoms with E-state index < -0.39 is 5.97 Å². The maximum Gasteiger partial charge on any atom is 0.356 e. The topological polar surface area (TPSA) is 65.2 Å². The van der Waals surface area contributed by atoms with Crippen molar-refractivity contribution in [2.24, 2.45) is 0 Å². The van der Waals surface area contributed by atoms with Gasteiger partial charge in [0.25, 0.3) is 0 Å². The first-order valence-electron chi connectivity index (χ1n) is 4.24. The number of furan rings is 1. The normalized spacial score (nSPS) is 9.93. The summed E-state index contributed by atoms with van der Waals surface area (Å²) in [6.07, 6.45) is 4.40. The average Bonchev–Trinajstić information content (AvgIpc) is 2.82. The van der Waals surface area contributed by atoms with E-state index in [1.807, 2.05) is 0 Å². The van der Waals surface area contributed by atoms with E-state index in [1.165, 1.54) is 19.7 Å². The van der Waals surface area contributed by atoms with Gasteiger partial charge in [-0.2, -0.15) is 0 Å². The Morgan fingerprint density at radius 2 is 2.33 bits per heavy atom. The molecule has 15 heavy (non-hydrogen) atoms. The SMILES string of the molecule is COC(=O)c1cc(-c2ccoc2)ncn1. The maximum atomic E-state index is 11.2. The molecule has 5 heteroatoms. The van der Waals surface area contributed by atoms with E-state index in [-0.39, 0.29) is 5.69 Å². The number of carbonyl (C=O) groups excluding carboxylic acids is 1. The van der Waals surface area contributed by atoms with Gasteiger partial charge in [-0.05, 0) is 12.1 Å². The van der Waals surface area contributed by atoms with Crippen LogP contribution >= 0.6 is 0 Å². The van der Waals surface area contributed by atoms with Crippen molar-refractivity contribution in [2.75, 3.05) is 7.11 Å². The Morgan fingerprint density at radius 3 is 3.00 bits per heavy atom. The van der Waals surface area contributed by atoms with Crippen LogP contribution in [0.2, 0.25) is 0 Å². The van der Waals surface area contributed by atoms with Crippen molar-refractivity contribution in [1.82, 2.24) is 9.97 Å². The van der Waals surface area contributed by atoms with Crippen molar-refractivity contribution in [3.8, 4) is 11.3 Å². The summed E-state index contributed by atoms with van der Waals surface area (Å²) in [4.78, 5) is 19.0. The number of hydrogen-bond acceptors (Lipinski definition) is 5. The Morgan fingerprint density at radius 1 is 1.47 bits per heavy atom. The Labute approximate surface area is 85.7 Å². The van der Waals surface area contributed by atoms with E-state index in [4.69, 9.17) is 4.42 Å². The molecule has 0 amide bonds. The minimum absolute atomic E-state index is 0.226. The predicted octanol–water partition coefficient (Wildman–Crippen LogP) is 1.52. The monoisotopic (exact) mass is 204 g/mol. The molecule has 2 rings (SSSR count). The molecule has 2 aromatic rings. The molecule has 0 N–H and O–H groups in total. The van der Waals surface area contributed by atoms with Crippen LogP contribution in [0.25, 0.3) is 11.3 Å². The van der Waals surface area contributed by atoms with Crippen molar-refractivity contribution in [3.05, 3.63) is 36.7 Å². The molecule has 0 atom stereocenters. The lowest BCUT2D eigenvalue weighted by atomic mass is 10.2. The van der Waals surface area contributed by atoms with Crippen molar-refractivity contribution >= 4 is 5.97 Å². The summed E-state index contributed by atoms with van der Waals surface area (Å²) >= 11 is 0. The van der Waals surface area contributed by atoms with E-state index in [9.17, 15) is 4.79 Å². The lowest BCUT2D eigenvalue weighted by molar-refractivity contribution is 0.0594. The molecule has 0 spiro atoms. The highest BCUT2D eigenvalue weighted by Crippen LogP contribution is 2.17. The molecule has 0 aromatic carbocycles. The largest absolute Gasteiger partial charge is 0.472 e. The molecule has 2 aromatic heterocycles. The van der Waals surface area contributed by atoms with E-state index in [0.717, 1.165) is 5.56 Å². The van der Waals surface area contributed by atoms with Crippen LogP contribution in [0.15, 0.2) is 35.4 Å². The Hall–Kier alpha value is -2.17. The van der Waals surface area contributed by atoms with Gasteiger partial charge in [-0.1, -0.05) is 0 Å². The summed E-state index contributed by atoms with van der Waals surface area (Å²) in [5.74, 6) is -0.484. The van der Waals surface area contributed by atoms with Gasteiger partial charge in [0.1, 0.15) is 6.33 Å². The Kier molecular flexibility index (Phi) is 2.45. The van der Waals surface area contributed by atoms with Crippen LogP contribution in [0.5, 0.6) is 0 Å². The van der Waals surface area contributed by atoms with Crippen LogP contribution < -0.4 is 0 Å². The number of aromatic nitrogens is 2. The van der Waals surface area contributed by atoms with Crippen molar-refractivity contribution in [3.63, 3.8) is 0 Å². The van der Waals surface area contributed by atoms with Gasteiger partial charge in [0.05, 0.1) is 25.3 Å². The second-order valence-corrected chi connectivity index (χ2v) is 2.79. The van der Waals surface area contributed by atoms with Gasteiger partial charge in [0, 0.05) is 5.56 Å². The van der Waals surface area contributed by atoms with Gasteiger partial charge in [-0.3, -0.25) is 0 Å². The summed E-state index contributed by atoms with van der Waals surface area (Å²) in [6, 6.07) is 3.31. The Balaban J connectivity index is 2.39. The van der Waals surface area contributed by atoms with E-state index in [1.54, 1.807) is 18.4 Å². The fourth-order valence-electron chi connectivity index (χ4n) is 1.14. The molecule has 0 aliphatic carbocycles. The van der Waals surface area contributed by atoms with Crippen molar-refractivity contribution in [2.45, 2.75) is 0 Å². The smallest absolute Gasteiger partial charge is 0.356 e. The van der Waals surface area contributed by atoms with Gasteiger partial charge in [-0.25, -0.2) is 14.8 Å². The van der Waals surface area contributed by atoms with Crippen LogP contribution in [0.3, 0.4) is 0 Å². The van der Waals surface area contributed by atoms with Gasteiger partial charge >= 0.3 is 5.97 Å². The van der Waals surface area contributed by atoms with E-state index in [2.05, 4.69) is 14.7 Å². The summed E-state index contributed by atoms with van der Waals surface area (Å²) in [5.41, 5.74) is 1.64. The van der Waals surface area contributed by atoms with Crippen LogP contribution in [0.1, 0.15) is 10.5 Å². The zero-order valence-electron chi connectivity index (χ0n) is 8.01. The first-order chi connectivity index (χ1) is 7.31. The average molecular weight is 204 g/mol. The number of carbonyl (C=O) groups is 1. The molecule has 0 saturated carbocycles. The fourth-order valence-corrected chi connectivity index (χ4v) is 1.14.